The fraction of sp³-hybridized carbons (Fsp3) is 0.190. The van der Waals surface area contributed by atoms with E-state index >= 15 is 0 Å². The van der Waals surface area contributed by atoms with Gasteiger partial charge in [-0.2, -0.15) is 4.99 Å². The zero-order valence-corrected chi connectivity index (χ0v) is 15.6. The second-order valence-corrected chi connectivity index (χ2v) is 7.16. The van der Waals surface area contributed by atoms with Crippen LogP contribution in [0.2, 0.25) is 0 Å². The Hall–Kier alpha value is -3.41. The number of ether oxygens (including phenoxy) is 1. The first kappa shape index (κ1) is 18.4. The van der Waals surface area contributed by atoms with Crippen molar-refractivity contribution in [2.75, 3.05) is 0 Å². The van der Waals surface area contributed by atoms with Gasteiger partial charge in [-0.15, -0.1) is 0 Å². The predicted molar refractivity (Wildman–Crippen MR) is 108 cm³/mol. The molecule has 4 N–H and O–H groups in total. The van der Waals surface area contributed by atoms with Gasteiger partial charge in [-0.3, -0.25) is 4.79 Å². The molecule has 0 fully saturated rings. The van der Waals surface area contributed by atoms with Crippen molar-refractivity contribution in [3.63, 3.8) is 0 Å². The van der Waals surface area contributed by atoms with E-state index < -0.39 is 5.91 Å². The lowest BCUT2D eigenvalue weighted by Gasteiger charge is -2.21. The van der Waals surface area contributed by atoms with Gasteiger partial charge in [0.25, 0.3) is 5.91 Å². The van der Waals surface area contributed by atoms with Crippen molar-refractivity contribution in [1.82, 2.24) is 4.98 Å². The molecular weight excluding hydrogens is 340 g/mol. The number of amides is 1. The summed E-state index contributed by atoms with van der Waals surface area (Å²) in [4.78, 5) is 20.9. The predicted octanol–water partition coefficient (Wildman–Crippen LogP) is 3.49. The largest absolute Gasteiger partial charge is 0.488 e. The van der Waals surface area contributed by atoms with Gasteiger partial charge in [0.1, 0.15) is 11.4 Å². The van der Waals surface area contributed by atoms with Crippen molar-refractivity contribution >= 4 is 22.8 Å². The van der Waals surface area contributed by atoms with Crippen molar-refractivity contribution in [1.29, 1.82) is 0 Å². The highest BCUT2D eigenvalue weighted by Crippen LogP contribution is 2.28. The van der Waals surface area contributed by atoms with E-state index in [4.69, 9.17) is 16.2 Å². The van der Waals surface area contributed by atoms with E-state index in [1.165, 1.54) is 0 Å². The smallest absolute Gasteiger partial charge is 0.280 e. The lowest BCUT2D eigenvalue weighted by atomic mass is 10.0. The summed E-state index contributed by atoms with van der Waals surface area (Å²) in [6, 6.07) is 16.7. The molecule has 0 unspecified atom stereocenters. The highest BCUT2D eigenvalue weighted by molar-refractivity contribution is 6.10. The molecule has 3 aromatic rings. The number of aliphatic imine (C=N–C) groups is 1. The summed E-state index contributed by atoms with van der Waals surface area (Å²) in [5.74, 6) is -0.0491. The van der Waals surface area contributed by atoms with Crippen LogP contribution >= 0.6 is 0 Å². The molecule has 6 nitrogen and oxygen atoms in total. The minimum atomic E-state index is -0.503. The van der Waals surface area contributed by atoms with E-state index in [2.05, 4.69) is 9.98 Å². The van der Waals surface area contributed by atoms with Crippen molar-refractivity contribution in [3.05, 3.63) is 60.2 Å². The fourth-order valence-electron chi connectivity index (χ4n) is 2.75. The van der Waals surface area contributed by atoms with Crippen LogP contribution < -0.4 is 16.2 Å². The van der Waals surface area contributed by atoms with Gasteiger partial charge < -0.3 is 16.2 Å². The summed E-state index contributed by atoms with van der Waals surface area (Å²) >= 11 is 0. The van der Waals surface area contributed by atoms with Gasteiger partial charge in [0.2, 0.25) is 0 Å². The minimum absolute atomic E-state index is 0.275. The third-order valence-electron chi connectivity index (χ3n) is 3.73. The van der Waals surface area contributed by atoms with Crippen LogP contribution in [-0.2, 0) is 0 Å². The summed E-state index contributed by atoms with van der Waals surface area (Å²) in [6.45, 7) is 5.96. The standard InChI is InChI=1S/C21H22N4O2/c1-21(2,3)27-14-8-6-7-13(11-14)18-12-16(19(26)25-20(22)23)15-9-4-5-10-17(15)24-18/h4-12H,1-3H3,(H4,22,23,25,26). The number of guanidine groups is 1. The number of aromatic nitrogens is 1. The van der Waals surface area contributed by atoms with Crippen LogP contribution in [-0.4, -0.2) is 22.5 Å². The molecule has 0 saturated heterocycles. The summed E-state index contributed by atoms with van der Waals surface area (Å²) < 4.78 is 5.93. The van der Waals surface area contributed by atoms with Gasteiger partial charge in [0.15, 0.2) is 5.96 Å². The molecule has 0 aliphatic carbocycles. The monoisotopic (exact) mass is 362 g/mol. The molecule has 0 aliphatic heterocycles. The molecular formula is C21H22N4O2. The van der Waals surface area contributed by atoms with E-state index in [0.717, 1.165) is 11.3 Å². The van der Waals surface area contributed by atoms with Crippen LogP contribution in [0.5, 0.6) is 5.75 Å². The number of benzene rings is 2. The van der Waals surface area contributed by atoms with Crippen LogP contribution in [0.1, 0.15) is 31.1 Å². The molecule has 2 aromatic carbocycles. The third kappa shape index (κ3) is 4.41. The molecule has 6 heteroatoms. The average molecular weight is 362 g/mol. The minimum Gasteiger partial charge on any atom is -0.488 e. The molecule has 138 valence electrons. The zero-order valence-electron chi connectivity index (χ0n) is 15.6. The summed E-state index contributed by atoms with van der Waals surface area (Å²) in [7, 11) is 0. The second-order valence-electron chi connectivity index (χ2n) is 7.16. The topological polar surface area (TPSA) is 104 Å². The Morgan fingerprint density at radius 2 is 1.78 bits per heavy atom. The number of nitrogens with zero attached hydrogens (tertiary/aromatic N) is 2. The molecule has 0 atom stereocenters. The molecule has 0 spiro atoms. The Labute approximate surface area is 157 Å². The Morgan fingerprint density at radius 3 is 2.48 bits per heavy atom. The van der Waals surface area contributed by atoms with Gasteiger partial charge in [-0.1, -0.05) is 30.3 Å². The maximum atomic E-state index is 12.5. The highest BCUT2D eigenvalue weighted by Gasteiger charge is 2.15. The van der Waals surface area contributed by atoms with Crippen molar-refractivity contribution in [2.24, 2.45) is 16.5 Å². The lowest BCUT2D eigenvalue weighted by molar-refractivity contribution is 0.100. The van der Waals surface area contributed by atoms with E-state index in [0.29, 0.717) is 22.2 Å². The van der Waals surface area contributed by atoms with Crippen molar-refractivity contribution < 1.29 is 9.53 Å². The lowest BCUT2D eigenvalue weighted by Crippen LogP contribution is -2.24. The van der Waals surface area contributed by atoms with Crippen LogP contribution in [0.3, 0.4) is 0 Å². The first-order chi connectivity index (χ1) is 12.7. The molecule has 1 aromatic heterocycles. The first-order valence-corrected chi connectivity index (χ1v) is 8.56. The maximum absolute atomic E-state index is 12.5. The molecule has 0 bridgehead atoms. The van der Waals surface area contributed by atoms with Crippen molar-refractivity contribution in [3.8, 4) is 17.0 Å². The van der Waals surface area contributed by atoms with Crippen LogP contribution in [0, 0.1) is 0 Å². The zero-order chi connectivity index (χ0) is 19.6. The second kappa shape index (κ2) is 7.07. The van der Waals surface area contributed by atoms with Crippen LogP contribution in [0.25, 0.3) is 22.2 Å². The Morgan fingerprint density at radius 1 is 1.04 bits per heavy atom. The Bertz CT molecular complexity index is 1030. The summed E-state index contributed by atoms with van der Waals surface area (Å²) in [5, 5.41) is 0.693. The van der Waals surface area contributed by atoms with E-state index in [1.807, 2.05) is 69.3 Å². The molecule has 0 aliphatic rings. The highest BCUT2D eigenvalue weighted by atomic mass is 16.5. The normalized spacial score (nSPS) is 11.2. The number of fused-ring (bicyclic) bond motifs is 1. The van der Waals surface area contributed by atoms with Crippen LogP contribution in [0.4, 0.5) is 0 Å². The first-order valence-electron chi connectivity index (χ1n) is 8.56. The molecule has 27 heavy (non-hydrogen) atoms. The number of hydrogen-bond donors (Lipinski definition) is 2. The van der Waals surface area contributed by atoms with Gasteiger partial charge in [-0.05, 0) is 45.0 Å². The fourth-order valence-corrected chi connectivity index (χ4v) is 2.75. The van der Waals surface area contributed by atoms with Gasteiger partial charge >= 0.3 is 0 Å². The number of carbonyl (C=O) groups is 1. The van der Waals surface area contributed by atoms with E-state index in [1.54, 1.807) is 6.07 Å². The molecule has 0 radical (unpaired) electrons. The summed E-state index contributed by atoms with van der Waals surface area (Å²) in [5.41, 5.74) is 13.0. The number of hydrogen-bond acceptors (Lipinski definition) is 3. The van der Waals surface area contributed by atoms with Crippen molar-refractivity contribution in [2.45, 2.75) is 26.4 Å². The number of para-hydroxylation sites is 1. The van der Waals surface area contributed by atoms with Crippen LogP contribution in [0.15, 0.2) is 59.6 Å². The molecule has 1 amide bonds. The Balaban J connectivity index is 2.14. The number of pyridine rings is 1. The number of carbonyl (C=O) groups excluding carboxylic acids is 1. The van der Waals surface area contributed by atoms with Gasteiger partial charge in [-0.25, -0.2) is 4.98 Å². The molecule has 1 heterocycles. The van der Waals surface area contributed by atoms with Gasteiger partial charge in [0, 0.05) is 10.9 Å². The molecule has 0 saturated carbocycles. The third-order valence-corrected chi connectivity index (χ3v) is 3.73. The number of nitrogens with two attached hydrogens (primary N) is 2. The van der Waals surface area contributed by atoms with Gasteiger partial charge in [0.05, 0.1) is 16.8 Å². The average Bonchev–Trinajstić information content (AvgIpc) is 2.59. The number of rotatable bonds is 3. The Kier molecular flexibility index (Phi) is 4.81. The SMILES string of the molecule is CC(C)(C)Oc1cccc(-c2cc(C(=O)N=C(N)N)c3ccccc3n2)c1. The van der Waals surface area contributed by atoms with E-state index in [9.17, 15) is 4.79 Å². The maximum Gasteiger partial charge on any atom is 0.280 e. The quantitative estimate of drug-likeness (QED) is 0.548. The molecule has 3 rings (SSSR count). The summed E-state index contributed by atoms with van der Waals surface area (Å²) in [6.07, 6.45) is 0. The van der Waals surface area contributed by atoms with E-state index in [-0.39, 0.29) is 11.6 Å².